The van der Waals surface area contributed by atoms with Gasteiger partial charge in [-0.05, 0) is 56.5 Å². The number of amides is 2. The van der Waals surface area contributed by atoms with Crippen LogP contribution in [-0.2, 0) is 0 Å². The third-order valence-corrected chi connectivity index (χ3v) is 4.79. The van der Waals surface area contributed by atoms with E-state index < -0.39 is 0 Å². The molecule has 1 fully saturated rings. The van der Waals surface area contributed by atoms with Crippen LogP contribution in [0.3, 0.4) is 0 Å². The highest BCUT2D eigenvalue weighted by Crippen LogP contribution is 2.27. The Morgan fingerprint density at radius 2 is 1.52 bits per heavy atom. The number of nitrogens with zero attached hydrogens (tertiary/aromatic N) is 2. The molecule has 2 amide bonds. The number of rotatable bonds is 2. The van der Waals surface area contributed by atoms with Crippen LogP contribution in [0.4, 0.5) is 16.2 Å². The van der Waals surface area contributed by atoms with Gasteiger partial charge in [0.05, 0.1) is 0 Å². The van der Waals surface area contributed by atoms with Gasteiger partial charge in [0, 0.05) is 37.6 Å². The maximum atomic E-state index is 12.5. The third-order valence-electron chi connectivity index (χ3n) is 4.79. The van der Waals surface area contributed by atoms with Gasteiger partial charge in [0.15, 0.2) is 0 Å². The smallest absolute Gasteiger partial charge is 0.321 e. The lowest BCUT2D eigenvalue weighted by Crippen LogP contribution is -2.50. The Kier molecular flexibility index (Phi) is 4.98. The number of hydrogen-bond acceptors (Lipinski definition) is 2. The molecule has 132 valence electrons. The summed E-state index contributed by atoms with van der Waals surface area (Å²) in [5.74, 6) is 0. The molecule has 0 aliphatic carbocycles. The molecule has 1 heterocycles. The zero-order valence-corrected chi connectivity index (χ0v) is 15.6. The normalized spacial score (nSPS) is 14.6. The lowest BCUT2D eigenvalue weighted by molar-refractivity contribution is 0.208. The molecule has 4 nitrogen and oxygen atoms in total. The number of carbonyl (C=O) groups excluding carboxylic acids is 1. The Morgan fingerprint density at radius 1 is 0.880 bits per heavy atom. The summed E-state index contributed by atoms with van der Waals surface area (Å²) in [7, 11) is 0. The molecule has 1 aliphatic rings. The molecule has 0 atom stereocenters. The first-order valence-electron chi connectivity index (χ1n) is 8.89. The molecule has 4 heteroatoms. The monoisotopic (exact) mass is 337 g/mol. The van der Waals surface area contributed by atoms with Gasteiger partial charge in [-0.1, -0.05) is 29.8 Å². The Bertz CT molecular complexity index is 753. The number of carbonyl (C=O) groups is 1. The molecular weight excluding hydrogens is 310 g/mol. The van der Waals surface area contributed by atoms with Crippen LogP contribution in [0.25, 0.3) is 0 Å². The van der Waals surface area contributed by atoms with E-state index in [0.29, 0.717) is 0 Å². The van der Waals surface area contributed by atoms with E-state index in [4.69, 9.17) is 0 Å². The summed E-state index contributed by atoms with van der Waals surface area (Å²) >= 11 is 0. The van der Waals surface area contributed by atoms with E-state index in [1.165, 1.54) is 22.4 Å². The van der Waals surface area contributed by atoms with Gasteiger partial charge < -0.3 is 15.1 Å². The molecule has 1 aliphatic heterocycles. The van der Waals surface area contributed by atoms with Gasteiger partial charge in [-0.2, -0.15) is 0 Å². The van der Waals surface area contributed by atoms with E-state index in [9.17, 15) is 4.79 Å². The van der Waals surface area contributed by atoms with Crippen LogP contribution in [0.15, 0.2) is 36.4 Å². The molecule has 2 aromatic rings. The second-order valence-electron chi connectivity index (χ2n) is 7.02. The average Bonchev–Trinajstić information content (AvgIpc) is 2.54. The number of aryl methyl sites for hydroxylation is 4. The summed E-state index contributed by atoms with van der Waals surface area (Å²) in [6.45, 7) is 11.7. The molecule has 0 saturated carbocycles. The van der Waals surface area contributed by atoms with Crippen molar-refractivity contribution in [2.45, 2.75) is 27.7 Å². The van der Waals surface area contributed by atoms with E-state index in [1.54, 1.807) is 0 Å². The van der Waals surface area contributed by atoms with Crippen LogP contribution in [0.5, 0.6) is 0 Å². The fraction of sp³-hybridized carbons (Fsp3) is 0.381. The van der Waals surface area contributed by atoms with Gasteiger partial charge in [-0.15, -0.1) is 0 Å². The van der Waals surface area contributed by atoms with Crippen molar-refractivity contribution >= 4 is 17.4 Å². The third kappa shape index (κ3) is 3.95. The SMILES string of the molecule is Cc1cccc(NC(=O)N2CCN(c3c(C)cc(C)cc3C)CC2)c1. The van der Waals surface area contributed by atoms with Crippen molar-refractivity contribution in [2.75, 3.05) is 36.4 Å². The number of benzene rings is 2. The molecule has 0 radical (unpaired) electrons. The van der Waals surface area contributed by atoms with E-state index in [-0.39, 0.29) is 6.03 Å². The lowest BCUT2D eigenvalue weighted by Gasteiger charge is -2.37. The zero-order valence-electron chi connectivity index (χ0n) is 15.6. The molecule has 2 aromatic carbocycles. The first-order valence-corrected chi connectivity index (χ1v) is 8.89. The highest BCUT2D eigenvalue weighted by molar-refractivity contribution is 5.89. The van der Waals surface area contributed by atoms with Crippen LogP contribution in [0.1, 0.15) is 22.3 Å². The van der Waals surface area contributed by atoms with Gasteiger partial charge in [0.1, 0.15) is 0 Å². The van der Waals surface area contributed by atoms with Crippen molar-refractivity contribution in [2.24, 2.45) is 0 Å². The molecule has 3 rings (SSSR count). The summed E-state index contributed by atoms with van der Waals surface area (Å²) in [5, 5.41) is 3.01. The topological polar surface area (TPSA) is 35.6 Å². The van der Waals surface area contributed by atoms with Crippen LogP contribution < -0.4 is 10.2 Å². The number of urea groups is 1. The fourth-order valence-electron chi connectivity index (χ4n) is 3.73. The van der Waals surface area contributed by atoms with Crippen LogP contribution >= 0.6 is 0 Å². The van der Waals surface area contributed by atoms with Crippen LogP contribution in [0.2, 0.25) is 0 Å². The quantitative estimate of drug-likeness (QED) is 0.888. The summed E-state index contributed by atoms with van der Waals surface area (Å²) in [6.07, 6.45) is 0. The van der Waals surface area contributed by atoms with Gasteiger partial charge in [0.2, 0.25) is 0 Å². The van der Waals surface area contributed by atoms with Crippen molar-refractivity contribution in [3.63, 3.8) is 0 Å². The number of piperazine rings is 1. The maximum Gasteiger partial charge on any atom is 0.321 e. The molecule has 0 unspecified atom stereocenters. The van der Waals surface area contributed by atoms with Gasteiger partial charge in [-0.25, -0.2) is 4.79 Å². The Hall–Kier alpha value is -2.49. The lowest BCUT2D eigenvalue weighted by atomic mass is 10.0. The first-order chi connectivity index (χ1) is 11.9. The van der Waals surface area contributed by atoms with Crippen molar-refractivity contribution in [1.82, 2.24) is 4.90 Å². The summed E-state index contributed by atoms with van der Waals surface area (Å²) in [4.78, 5) is 16.8. The number of nitrogens with one attached hydrogen (secondary N) is 1. The standard InChI is InChI=1S/C21H27N3O/c1-15-6-5-7-19(14-15)22-21(25)24-10-8-23(9-11-24)20-17(3)12-16(2)13-18(20)4/h5-7,12-14H,8-11H2,1-4H3,(H,22,25). The minimum absolute atomic E-state index is 0.0115. The molecule has 1 saturated heterocycles. The molecule has 0 bridgehead atoms. The molecular formula is C21H27N3O. The van der Waals surface area contributed by atoms with Crippen LogP contribution in [0, 0.1) is 27.7 Å². The predicted molar refractivity (Wildman–Crippen MR) is 105 cm³/mol. The Morgan fingerprint density at radius 3 is 2.12 bits per heavy atom. The fourth-order valence-corrected chi connectivity index (χ4v) is 3.73. The van der Waals surface area contributed by atoms with Gasteiger partial charge in [-0.3, -0.25) is 0 Å². The highest BCUT2D eigenvalue weighted by atomic mass is 16.2. The first kappa shape index (κ1) is 17.3. The largest absolute Gasteiger partial charge is 0.368 e. The minimum Gasteiger partial charge on any atom is -0.368 e. The average molecular weight is 337 g/mol. The van der Waals surface area contributed by atoms with E-state index in [2.05, 4.69) is 43.1 Å². The van der Waals surface area contributed by atoms with Crippen molar-refractivity contribution in [3.8, 4) is 0 Å². The second-order valence-corrected chi connectivity index (χ2v) is 7.02. The van der Waals surface area contributed by atoms with E-state index in [1.807, 2.05) is 36.1 Å². The molecule has 0 spiro atoms. The summed E-state index contributed by atoms with van der Waals surface area (Å²) < 4.78 is 0. The van der Waals surface area contributed by atoms with Gasteiger partial charge in [0.25, 0.3) is 0 Å². The predicted octanol–water partition coefficient (Wildman–Crippen LogP) is 4.27. The summed E-state index contributed by atoms with van der Waals surface area (Å²) in [6, 6.07) is 12.4. The second kappa shape index (κ2) is 7.18. The molecule has 0 aromatic heterocycles. The van der Waals surface area contributed by atoms with Crippen molar-refractivity contribution in [1.29, 1.82) is 0 Å². The van der Waals surface area contributed by atoms with Gasteiger partial charge >= 0.3 is 6.03 Å². The zero-order chi connectivity index (χ0) is 18.0. The highest BCUT2D eigenvalue weighted by Gasteiger charge is 2.23. The van der Waals surface area contributed by atoms with E-state index in [0.717, 1.165) is 37.4 Å². The van der Waals surface area contributed by atoms with Crippen molar-refractivity contribution in [3.05, 3.63) is 58.7 Å². The van der Waals surface area contributed by atoms with Crippen LogP contribution in [-0.4, -0.2) is 37.1 Å². The van der Waals surface area contributed by atoms with Crippen molar-refractivity contribution < 1.29 is 4.79 Å². The molecule has 1 N–H and O–H groups in total. The number of anilines is 2. The summed E-state index contributed by atoms with van der Waals surface area (Å²) in [5.41, 5.74) is 7.26. The number of hydrogen-bond donors (Lipinski definition) is 1. The Balaban J connectivity index is 1.63. The van der Waals surface area contributed by atoms with E-state index >= 15 is 0 Å². The maximum absolute atomic E-state index is 12.5. The minimum atomic E-state index is -0.0115. The Labute approximate surface area is 150 Å². The molecule has 25 heavy (non-hydrogen) atoms.